The van der Waals surface area contributed by atoms with Gasteiger partial charge in [0.2, 0.25) is 5.69 Å². The zero-order valence-corrected chi connectivity index (χ0v) is 16.4. The van der Waals surface area contributed by atoms with E-state index in [4.69, 9.17) is 18.0 Å². The lowest BCUT2D eigenvalue weighted by molar-refractivity contribution is -0.595. The summed E-state index contributed by atoms with van der Waals surface area (Å²) in [5, 5.41) is 0. The third-order valence-corrected chi connectivity index (χ3v) is 4.78. The average Bonchev–Trinajstić information content (AvgIpc) is 3.05. The molecule has 0 spiro atoms. The molecular formula is C20H16F3N3O3S. The Labute approximate surface area is 170 Å². The van der Waals surface area contributed by atoms with Crippen molar-refractivity contribution < 1.29 is 30.7 Å². The molecule has 0 unspecified atom stereocenters. The quantitative estimate of drug-likeness (QED) is 0.274. The number of para-hydroxylation sites is 3. The van der Waals surface area contributed by atoms with Crippen molar-refractivity contribution in [1.29, 1.82) is 0 Å². The minimum atomic E-state index is -6.09. The molecule has 0 aliphatic heterocycles. The predicted molar refractivity (Wildman–Crippen MR) is 103 cm³/mol. The minimum absolute atomic E-state index is 0.987. The van der Waals surface area contributed by atoms with Gasteiger partial charge in [-0.1, -0.05) is 30.3 Å². The molecule has 0 saturated heterocycles. The lowest BCUT2D eigenvalue weighted by Gasteiger charge is -2.08. The summed E-state index contributed by atoms with van der Waals surface area (Å²) < 4.78 is 63.1. The van der Waals surface area contributed by atoms with Crippen LogP contribution < -0.4 is 4.57 Å². The van der Waals surface area contributed by atoms with Crippen LogP contribution in [0.4, 0.5) is 13.2 Å². The summed E-state index contributed by atoms with van der Waals surface area (Å²) in [5.74, 6) is 0.987. The van der Waals surface area contributed by atoms with Crippen LogP contribution in [0.5, 0.6) is 0 Å². The number of halogens is 3. The first-order chi connectivity index (χ1) is 14.1. The molecule has 0 N–H and O–H groups in total. The molecule has 2 heterocycles. The molecule has 4 rings (SSSR count). The zero-order chi connectivity index (χ0) is 21.9. The second-order valence-corrected chi connectivity index (χ2v) is 7.58. The lowest BCUT2D eigenvalue weighted by atomic mass is 10.2. The number of hydrogen-bond donors (Lipinski definition) is 0. The molecule has 0 aliphatic carbocycles. The van der Waals surface area contributed by atoms with Crippen molar-refractivity contribution in [3.63, 3.8) is 0 Å². The first-order valence-corrected chi connectivity index (χ1v) is 9.99. The van der Waals surface area contributed by atoms with E-state index in [-0.39, 0.29) is 0 Å². The van der Waals surface area contributed by atoms with Crippen molar-refractivity contribution in [3.05, 3.63) is 79.1 Å². The van der Waals surface area contributed by atoms with Crippen LogP contribution >= 0.6 is 0 Å². The van der Waals surface area contributed by atoms with Crippen molar-refractivity contribution in [3.8, 4) is 17.1 Å². The summed E-state index contributed by atoms with van der Waals surface area (Å²) in [5.41, 5.74) is -1.20. The molecule has 0 radical (unpaired) electrons. The summed E-state index contributed by atoms with van der Waals surface area (Å²) in [6.07, 6.45) is 4.15. The summed E-state index contributed by atoms with van der Waals surface area (Å²) in [6.45, 7) is 0. The number of aryl methyl sites for hydroxylation is 1. The Morgan fingerprint density at radius 1 is 0.933 bits per heavy atom. The van der Waals surface area contributed by atoms with Gasteiger partial charge in [0.1, 0.15) is 5.82 Å². The topological polar surface area (TPSA) is 78.9 Å². The van der Waals surface area contributed by atoms with Gasteiger partial charge in [-0.15, -0.1) is 0 Å². The molecule has 0 saturated carbocycles. The van der Waals surface area contributed by atoms with Crippen LogP contribution in [0.25, 0.3) is 28.1 Å². The van der Waals surface area contributed by atoms with E-state index in [2.05, 4.69) is 58.9 Å². The van der Waals surface area contributed by atoms with Crippen molar-refractivity contribution in [2.75, 3.05) is 0 Å². The van der Waals surface area contributed by atoms with Crippen molar-refractivity contribution >= 4 is 21.2 Å². The van der Waals surface area contributed by atoms with Gasteiger partial charge in [0.05, 0.1) is 11.0 Å². The molecule has 2 aromatic carbocycles. The van der Waals surface area contributed by atoms with E-state index in [9.17, 15) is 13.2 Å². The van der Waals surface area contributed by atoms with Gasteiger partial charge in [-0.25, -0.2) is 13.4 Å². The Hall–Kier alpha value is -3.24. The number of nitrogens with zero attached hydrogens (tertiary/aromatic N) is 3. The Morgan fingerprint density at radius 3 is 2.00 bits per heavy atom. The third-order valence-electron chi connectivity index (χ3n) is 4.21. The van der Waals surface area contributed by atoms with Crippen molar-refractivity contribution in [2.24, 2.45) is 7.05 Å². The highest BCUT2D eigenvalue weighted by Crippen LogP contribution is 2.22. The first kappa shape index (κ1) is 21.5. The molecule has 0 fully saturated rings. The Bertz CT molecular complexity index is 1250. The van der Waals surface area contributed by atoms with Crippen molar-refractivity contribution in [2.45, 2.75) is 5.51 Å². The van der Waals surface area contributed by atoms with Gasteiger partial charge >= 0.3 is 5.51 Å². The summed E-state index contributed by atoms with van der Waals surface area (Å²) in [6, 6.07) is 22.7. The molecule has 4 aromatic rings. The lowest BCUT2D eigenvalue weighted by Crippen LogP contribution is -2.28. The Kier molecular flexibility index (Phi) is 5.90. The van der Waals surface area contributed by atoms with Crippen molar-refractivity contribution in [1.82, 2.24) is 9.55 Å². The SMILES string of the molecule is Cn1c(-c2cc[n+](-c3ccccc3)cc2)nc2ccccc21.O=S(=O)([O-])C(F)(F)F. The average molecular weight is 435 g/mol. The zero-order valence-electron chi connectivity index (χ0n) is 15.6. The molecule has 30 heavy (non-hydrogen) atoms. The number of aromatic nitrogens is 3. The maximum absolute atomic E-state index is 10.7. The molecule has 6 nitrogen and oxygen atoms in total. The van der Waals surface area contributed by atoms with Gasteiger partial charge in [0.25, 0.3) is 0 Å². The van der Waals surface area contributed by atoms with E-state index in [1.165, 1.54) is 0 Å². The predicted octanol–water partition coefficient (Wildman–Crippen LogP) is 3.57. The minimum Gasteiger partial charge on any atom is -0.741 e. The number of imidazole rings is 1. The van der Waals surface area contributed by atoms with Crippen LogP contribution in [0, 0.1) is 0 Å². The summed E-state index contributed by atoms with van der Waals surface area (Å²) >= 11 is 0. The fourth-order valence-corrected chi connectivity index (χ4v) is 2.75. The van der Waals surface area contributed by atoms with E-state index in [1.54, 1.807) is 0 Å². The number of hydrogen-bond acceptors (Lipinski definition) is 4. The van der Waals surface area contributed by atoms with Gasteiger partial charge in [-0.2, -0.15) is 17.7 Å². The number of rotatable bonds is 2. The van der Waals surface area contributed by atoms with Gasteiger partial charge in [-0.05, 0) is 12.1 Å². The molecule has 156 valence electrons. The highest BCUT2D eigenvalue weighted by atomic mass is 32.2. The van der Waals surface area contributed by atoms with E-state index >= 15 is 0 Å². The van der Waals surface area contributed by atoms with Crippen LogP contribution in [0.15, 0.2) is 79.1 Å². The van der Waals surface area contributed by atoms with Crippen LogP contribution in [0.1, 0.15) is 0 Å². The largest absolute Gasteiger partial charge is 0.741 e. The maximum Gasteiger partial charge on any atom is 0.485 e. The van der Waals surface area contributed by atoms with Gasteiger partial charge < -0.3 is 9.12 Å². The maximum atomic E-state index is 10.7. The second kappa shape index (κ2) is 8.25. The summed E-state index contributed by atoms with van der Waals surface area (Å²) in [7, 11) is -4.03. The molecule has 2 aromatic heterocycles. The van der Waals surface area contributed by atoms with Crippen LogP contribution in [-0.2, 0) is 17.2 Å². The number of alkyl halides is 3. The third kappa shape index (κ3) is 4.66. The van der Waals surface area contributed by atoms with E-state index in [1.807, 2.05) is 36.4 Å². The second-order valence-electron chi connectivity index (χ2n) is 6.21. The molecule has 0 atom stereocenters. The van der Waals surface area contributed by atoms with Gasteiger partial charge in [0, 0.05) is 36.9 Å². The van der Waals surface area contributed by atoms with E-state index in [0.717, 1.165) is 28.1 Å². The fraction of sp³-hybridized carbons (Fsp3) is 0.100. The number of benzene rings is 2. The van der Waals surface area contributed by atoms with Crippen LogP contribution in [0.3, 0.4) is 0 Å². The molecule has 0 aliphatic rings. The van der Waals surface area contributed by atoms with E-state index < -0.39 is 15.6 Å². The van der Waals surface area contributed by atoms with Gasteiger partial charge in [-0.3, -0.25) is 0 Å². The summed E-state index contributed by atoms with van der Waals surface area (Å²) in [4.78, 5) is 4.74. The van der Waals surface area contributed by atoms with Crippen LogP contribution in [-0.4, -0.2) is 28.0 Å². The molecular weight excluding hydrogens is 419 g/mol. The molecule has 10 heteroatoms. The van der Waals surface area contributed by atoms with Crippen LogP contribution in [0.2, 0.25) is 0 Å². The Morgan fingerprint density at radius 2 is 1.47 bits per heavy atom. The smallest absolute Gasteiger partial charge is 0.485 e. The highest BCUT2D eigenvalue weighted by molar-refractivity contribution is 7.86. The normalized spacial score (nSPS) is 11.8. The van der Waals surface area contributed by atoms with Gasteiger partial charge in [0.15, 0.2) is 22.5 Å². The first-order valence-electron chi connectivity index (χ1n) is 8.58. The number of fused-ring (bicyclic) bond motifs is 1. The monoisotopic (exact) mass is 435 g/mol. The van der Waals surface area contributed by atoms with E-state index in [0.29, 0.717) is 0 Å². The number of pyridine rings is 1. The standard InChI is InChI=1S/C19H16N3.CHF3O3S/c1-21-18-10-6-5-9-17(18)20-19(21)15-11-13-22(14-12-15)16-7-3-2-4-8-16;2-1(3,4)8(5,6)7/h2-14H,1H3;(H,5,6,7)/q+1;/p-1. The fourth-order valence-electron chi connectivity index (χ4n) is 2.75. The molecule has 0 bridgehead atoms. The molecule has 0 amide bonds. The highest BCUT2D eigenvalue weighted by Gasteiger charge is 2.36. The Balaban J connectivity index is 0.000000275.